The van der Waals surface area contributed by atoms with Crippen molar-refractivity contribution in [3.05, 3.63) is 71.7 Å². The molecule has 3 N–H and O–H groups in total. The zero-order valence-electron chi connectivity index (χ0n) is 16.0. The molecule has 0 aliphatic carbocycles. The second-order valence-corrected chi connectivity index (χ2v) is 6.96. The molecule has 0 atom stereocenters. The van der Waals surface area contributed by atoms with Crippen LogP contribution in [0.2, 0.25) is 0 Å². The van der Waals surface area contributed by atoms with E-state index in [0.29, 0.717) is 16.8 Å². The predicted molar refractivity (Wildman–Crippen MR) is 106 cm³/mol. The summed E-state index contributed by atoms with van der Waals surface area (Å²) >= 11 is 0. The molecule has 3 aromatic rings. The van der Waals surface area contributed by atoms with Gasteiger partial charge in [-0.1, -0.05) is 61.5 Å². The van der Waals surface area contributed by atoms with Crippen molar-refractivity contribution in [3.63, 3.8) is 0 Å². The molecule has 7 nitrogen and oxygen atoms in total. The van der Waals surface area contributed by atoms with E-state index < -0.39 is 17.9 Å². The fourth-order valence-corrected chi connectivity index (χ4v) is 2.85. The molecule has 150 valence electrons. The number of aliphatic imine (C=N–C) groups is 1. The Kier molecular flexibility index (Phi) is 5.63. The lowest BCUT2D eigenvalue weighted by molar-refractivity contribution is -0.303. The van der Waals surface area contributed by atoms with Crippen LogP contribution in [0.3, 0.4) is 0 Å². The Morgan fingerprint density at radius 3 is 2.62 bits per heavy atom. The number of anilines is 1. The second-order valence-electron chi connectivity index (χ2n) is 6.96. The topological polar surface area (TPSA) is 117 Å². The smallest absolute Gasteiger partial charge is 0.231 e. The summed E-state index contributed by atoms with van der Waals surface area (Å²) in [7, 11) is 0. The van der Waals surface area contributed by atoms with Crippen molar-refractivity contribution in [2.45, 2.75) is 19.3 Å². The van der Waals surface area contributed by atoms with Gasteiger partial charge in [-0.05, 0) is 17.2 Å². The normalized spacial score (nSPS) is 12.0. The molecule has 0 saturated carbocycles. The van der Waals surface area contributed by atoms with Crippen molar-refractivity contribution in [2.75, 3.05) is 11.9 Å². The van der Waals surface area contributed by atoms with Gasteiger partial charge in [-0.3, -0.25) is 5.32 Å². The van der Waals surface area contributed by atoms with Gasteiger partial charge in [0.15, 0.2) is 5.96 Å². The molecular weight excluding hydrogens is 375 g/mol. The summed E-state index contributed by atoms with van der Waals surface area (Å²) < 4.78 is 20.0. The maximum absolute atomic E-state index is 14.8. The number of hydrogen-bond acceptors (Lipinski definition) is 5. The summed E-state index contributed by atoms with van der Waals surface area (Å²) in [5, 5.41) is 17.1. The van der Waals surface area contributed by atoms with Crippen molar-refractivity contribution in [3.8, 4) is 11.1 Å². The van der Waals surface area contributed by atoms with Gasteiger partial charge in [-0.15, -0.1) is 0 Å². The molecule has 0 bridgehead atoms. The summed E-state index contributed by atoms with van der Waals surface area (Å²) in [5.41, 5.74) is 7.50. The monoisotopic (exact) mass is 395 g/mol. The number of nitrogens with one attached hydrogen (secondary N) is 1. The molecule has 2 aromatic carbocycles. The Balaban J connectivity index is 1.82. The standard InChI is InChI=1S/C21H21FN4O3/c1-21(2,17-11-18(29-26-17)25-20(23)24-12-19(27)28)14-8-9-15(16(22)10-14)13-6-4-3-5-7-13/h3-11H,12H2,1-2H3,(H,27,28)(H3,23,24,25)/p-1. The maximum Gasteiger partial charge on any atom is 0.231 e. The molecule has 0 fully saturated rings. The number of benzene rings is 2. The van der Waals surface area contributed by atoms with Crippen LogP contribution >= 0.6 is 0 Å². The number of nitrogens with zero attached hydrogens (tertiary/aromatic N) is 2. The van der Waals surface area contributed by atoms with Crippen LogP contribution in [0.4, 0.5) is 10.3 Å². The number of aliphatic carboxylic acids is 1. The van der Waals surface area contributed by atoms with Gasteiger partial charge >= 0.3 is 0 Å². The van der Waals surface area contributed by atoms with Gasteiger partial charge in [0, 0.05) is 17.0 Å². The molecular formula is C21H20FN4O3-. The lowest BCUT2D eigenvalue weighted by Gasteiger charge is -2.23. The molecule has 0 radical (unpaired) electrons. The lowest BCUT2D eigenvalue weighted by atomic mass is 9.81. The predicted octanol–water partition coefficient (Wildman–Crippen LogP) is 2.28. The minimum absolute atomic E-state index is 0.145. The van der Waals surface area contributed by atoms with E-state index in [-0.39, 0.29) is 17.7 Å². The molecule has 0 aliphatic heterocycles. The Morgan fingerprint density at radius 2 is 1.97 bits per heavy atom. The van der Waals surface area contributed by atoms with Gasteiger partial charge in [0.25, 0.3) is 0 Å². The van der Waals surface area contributed by atoms with E-state index in [9.17, 15) is 14.3 Å². The van der Waals surface area contributed by atoms with E-state index in [0.717, 1.165) is 5.56 Å². The van der Waals surface area contributed by atoms with Gasteiger partial charge in [-0.2, -0.15) is 0 Å². The van der Waals surface area contributed by atoms with Crippen LogP contribution in [0.15, 0.2) is 64.1 Å². The Labute approximate surface area is 167 Å². The first-order chi connectivity index (χ1) is 13.8. The van der Waals surface area contributed by atoms with Crippen molar-refractivity contribution in [1.82, 2.24) is 5.16 Å². The van der Waals surface area contributed by atoms with Crippen LogP contribution in [0, 0.1) is 5.82 Å². The van der Waals surface area contributed by atoms with Crippen molar-refractivity contribution in [2.24, 2.45) is 10.7 Å². The number of rotatable bonds is 6. The first-order valence-electron chi connectivity index (χ1n) is 8.87. The molecule has 3 rings (SSSR count). The third-order valence-corrected chi connectivity index (χ3v) is 4.56. The molecule has 1 aromatic heterocycles. The van der Waals surface area contributed by atoms with Crippen LogP contribution in [0.25, 0.3) is 11.1 Å². The van der Waals surface area contributed by atoms with Crippen molar-refractivity contribution < 1.29 is 18.8 Å². The Hall–Kier alpha value is -3.68. The average molecular weight is 395 g/mol. The average Bonchev–Trinajstić information content (AvgIpc) is 3.16. The number of halogens is 1. The largest absolute Gasteiger partial charge is 0.548 e. The zero-order chi connectivity index (χ0) is 21.0. The highest BCUT2D eigenvalue weighted by Gasteiger charge is 2.28. The van der Waals surface area contributed by atoms with Gasteiger partial charge in [0.2, 0.25) is 5.88 Å². The fraction of sp³-hybridized carbons (Fsp3) is 0.190. The minimum atomic E-state index is -1.35. The third-order valence-electron chi connectivity index (χ3n) is 4.56. The van der Waals surface area contributed by atoms with E-state index in [1.807, 2.05) is 50.2 Å². The number of carbonyl (C=O) groups excluding carboxylic acids is 1. The van der Waals surface area contributed by atoms with Gasteiger partial charge in [0.05, 0.1) is 18.2 Å². The summed E-state index contributed by atoms with van der Waals surface area (Å²) in [5.74, 6) is -1.64. The number of carboxylic acids is 1. The molecule has 0 aliphatic rings. The van der Waals surface area contributed by atoms with Crippen molar-refractivity contribution in [1.29, 1.82) is 0 Å². The number of hydrogen-bond donors (Lipinski definition) is 2. The lowest BCUT2D eigenvalue weighted by Crippen LogP contribution is -2.29. The maximum atomic E-state index is 14.8. The van der Waals surface area contributed by atoms with Gasteiger partial charge < -0.3 is 20.2 Å². The van der Waals surface area contributed by atoms with Crippen LogP contribution in [0.1, 0.15) is 25.1 Å². The quantitative estimate of drug-likeness (QED) is 0.489. The van der Waals surface area contributed by atoms with E-state index in [1.54, 1.807) is 12.1 Å². The van der Waals surface area contributed by atoms with Crippen molar-refractivity contribution >= 4 is 17.8 Å². The molecule has 0 saturated heterocycles. The first kappa shape index (κ1) is 20.1. The number of carboxylic acid groups (broad SMARTS) is 1. The van der Waals surface area contributed by atoms with Crippen LogP contribution in [-0.4, -0.2) is 23.6 Å². The first-order valence-corrected chi connectivity index (χ1v) is 8.87. The second kappa shape index (κ2) is 8.14. The Morgan fingerprint density at radius 1 is 1.24 bits per heavy atom. The molecule has 0 amide bonds. The van der Waals surface area contributed by atoms with Gasteiger partial charge in [-0.25, -0.2) is 9.38 Å². The summed E-state index contributed by atoms with van der Waals surface area (Å²) in [4.78, 5) is 14.0. The molecule has 8 heteroatoms. The summed E-state index contributed by atoms with van der Waals surface area (Å²) in [6.07, 6.45) is 0. The molecule has 1 heterocycles. The van der Waals surface area contributed by atoms with Crippen LogP contribution < -0.4 is 16.2 Å². The number of carbonyl (C=O) groups is 1. The van der Waals surface area contributed by atoms with E-state index in [2.05, 4.69) is 15.5 Å². The van der Waals surface area contributed by atoms with E-state index >= 15 is 0 Å². The van der Waals surface area contributed by atoms with Gasteiger partial charge in [0.1, 0.15) is 5.82 Å². The SMILES string of the molecule is CC(C)(c1ccc(-c2ccccc2)c(F)c1)c1cc(NC(N)=NCC(=O)[O-])on1. The number of aromatic nitrogens is 1. The number of nitrogens with two attached hydrogens (primary N) is 1. The molecule has 0 spiro atoms. The highest BCUT2D eigenvalue weighted by molar-refractivity contribution is 5.92. The highest BCUT2D eigenvalue weighted by Crippen LogP contribution is 2.34. The van der Waals surface area contributed by atoms with Crippen LogP contribution in [0.5, 0.6) is 0 Å². The fourth-order valence-electron chi connectivity index (χ4n) is 2.85. The highest BCUT2D eigenvalue weighted by atomic mass is 19.1. The Bertz CT molecular complexity index is 1050. The molecule has 29 heavy (non-hydrogen) atoms. The summed E-state index contributed by atoms with van der Waals surface area (Å²) in [6, 6.07) is 16.0. The van der Waals surface area contributed by atoms with E-state index in [4.69, 9.17) is 10.3 Å². The molecule has 0 unspecified atom stereocenters. The third kappa shape index (κ3) is 4.60. The summed E-state index contributed by atoms with van der Waals surface area (Å²) in [6.45, 7) is 3.21. The minimum Gasteiger partial charge on any atom is -0.548 e. The zero-order valence-corrected chi connectivity index (χ0v) is 16.0. The van der Waals surface area contributed by atoms with E-state index in [1.165, 1.54) is 6.07 Å². The number of guanidine groups is 1. The van der Waals surface area contributed by atoms with Crippen LogP contribution in [-0.2, 0) is 10.2 Å².